The third-order valence-corrected chi connectivity index (χ3v) is 5.98. The van der Waals surface area contributed by atoms with Crippen LogP contribution in [-0.2, 0) is 16.4 Å². The lowest BCUT2D eigenvalue weighted by atomic mass is 10.0. The largest absolute Gasteiger partial charge is 0.393 e. The molecule has 20 heavy (non-hydrogen) atoms. The Balaban J connectivity index is 1.87. The lowest BCUT2D eigenvalue weighted by Gasteiger charge is -2.29. The molecule has 0 unspecified atom stereocenters. The number of hydrogen-bond donors (Lipinski definition) is 2. The van der Waals surface area contributed by atoms with Crippen molar-refractivity contribution in [3.8, 4) is 0 Å². The van der Waals surface area contributed by atoms with E-state index in [2.05, 4.69) is 5.32 Å². The molecule has 0 saturated carbocycles. The van der Waals surface area contributed by atoms with Crippen LogP contribution in [0.15, 0.2) is 23.1 Å². The van der Waals surface area contributed by atoms with E-state index in [1.54, 1.807) is 12.1 Å². The predicted octanol–water partition coefficient (Wildman–Crippen LogP) is 1.19. The monoisotopic (exact) mass is 296 g/mol. The van der Waals surface area contributed by atoms with Crippen LogP contribution >= 0.6 is 0 Å². The fraction of sp³-hybridized carbons (Fsp3) is 0.571. The summed E-state index contributed by atoms with van der Waals surface area (Å²) in [7, 11) is -3.44. The summed E-state index contributed by atoms with van der Waals surface area (Å²) >= 11 is 0. The molecular weight excluding hydrogens is 276 g/mol. The van der Waals surface area contributed by atoms with Crippen LogP contribution in [0.1, 0.15) is 24.8 Å². The Morgan fingerprint density at radius 1 is 1.25 bits per heavy atom. The molecule has 1 fully saturated rings. The molecule has 0 aromatic heterocycles. The lowest BCUT2D eigenvalue weighted by molar-refractivity contribution is 0.113. The number of aliphatic hydroxyl groups is 1. The van der Waals surface area contributed by atoms with E-state index in [0.717, 1.165) is 25.1 Å². The highest BCUT2D eigenvalue weighted by molar-refractivity contribution is 7.89. The minimum absolute atomic E-state index is 0.349. The van der Waals surface area contributed by atoms with Crippen molar-refractivity contribution in [2.24, 2.45) is 0 Å². The van der Waals surface area contributed by atoms with Crippen molar-refractivity contribution in [2.45, 2.75) is 36.7 Å². The van der Waals surface area contributed by atoms with Crippen molar-refractivity contribution in [3.05, 3.63) is 23.8 Å². The number of piperidine rings is 1. The van der Waals surface area contributed by atoms with Crippen molar-refractivity contribution in [1.29, 1.82) is 0 Å². The lowest BCUT2D eigenvalue weighted by Crippen LogP contribution is -2.40. The van der Waals surface area contributed by atoms with Gasteiger partial charge in [0.2, 0.25) is 10.0 Å². The number of fused-ring (bicyclic) bond motifs is 1. The standard InChI is InChI=1S/C14H20N2O3S/c17-12-5-8-16(9-6-12)20(18,19)13-4-3-11-2-1-7-15-14(11)10-13/h3-4,10,12,15,17H,1-2,5-9H2. The quantitative estimate of drug-likeness (QED) is 0.860. The van der Waals surface area contributed by atoms with Gasteiger partial charge in [-0.1, -0.05) is 6.07 Å². The molecule has 1 saturated heterocycles. The van der Waals surface area contributed by atoms with E-state index in [1.807, 2.05) is 6.07 Å². The number of aryl methyl sites for hydroxylation is 1. The summed E-state index contributed by atoms with van der Waals surface area (Å²) in [6.45, 7) is 1.69. The first-order chi connectivity index (χ1) is 9.57. The van der Waals surface area contributed by atoms with Gasteiger partial charge in [0.25, 0.3) is 0 Å². The van der Waals surface area contributed by atoms with Crippen LogP contribution in [0.2, 0.25) is 0 Å². The first-order valence-electron chi connectivity index (χ1n) is 7.12. The number of nitrogens with zero attached hydrogens (tertiary/aromatic N) is 1. The first-order valence-corrected chi connectivity index (χ1v) is 8.56. The van der Waals surface area contributed by atoms with Gasteiger partial charge in [0.05, 0.1) is 11.0 Å². The maximum atomic E-state index is 12.6. The van der Waals surface area contributed by atoms with Crippen LogP contribution in [0.5, 0.6) is 0 Å². The van der Waals surface area contributed by atoms with Gasteiger partial charge in [-0.25, -0.2) is 8.42 Å². The average Bonchev–Trinajstić information content (AvgIpc) is 2.47. The fourth-order valence-corrected chi connectivity index (χ4v) is 4.33. The number of nitrogens with one attached hydrogen (secondary N) is 1. The molecule has 0 aliphatic carbocycles. The molecule has 1 aromatic carbocycles. The van der Waals surface area contributed by atoms with Crippen molar-refractivity contribution in [2.75, 3.05) is 25.0 Å². The first kappa shape index (κ1) is 13.9. The van der Waals surface area contributed by atoms with Crippen molar-refractivity contribution in [3.63, 3.8) is 0 Å². The zero-order chi connectivity index (χ0) is 14.2. The minimum Gasteiger partial charge on any atom is -0.393 e. The predicted molar refractivity (Wildman–Crippen MR) is 77.3 cm³/mol. The summed E-state index contributed by atoms with van der Waals surface area (Å²) in [6, 6.07) is 5.36. The van der Waals surface area contributed by atoms with Crippen LogP contribution in [0.4, 0.5) is 5.69 Å². The second kappa shape index (κ2) is 5.35. The Morgan fingerprint density at radius 2 is 2.00 bits per heavy atom. The van der Waals surface area contributed by atoms with Crippen LogP contribution in [0, 0.1) is 0 Å². The summed E-state index contributed by atoms with van der Waals surface area (Å²) in [5, 5.41) is 12.8. The number of rotatable bonds is 2. The number of aliphatic hydroxyl groups excluding tert-OH is 1. The second-order valence-electron chi connectivity index (χ2n) is 5.48. The molecule has 0 amide bonds. The van der Waals surface area contributed by atoms with Crippen LogP contribution < -0.4 is 5.32 Å². The molecule has 6 heteroatoms. The molecule has 2 aliphatic rings. The highest BCUT2D eigenvalue weighted by Gasteiger charge is 2.29. The van der Waals surface area contributed by atoms with Gasteiger partial charge in [-0.3, -0.25) is 0 Å². The number of benzene rings is 1. The number of hydrogen-bond acceptors (Lipinski definition) is 4. The van der Waals surface area contributed by atoms with Gasteiger partial charge in [0.1, 0.15) is 0 Å². The van der Waals surface area contributed by atoms with E-state index in [1.165, 1.54) is 9.87 Å². The maximum absolute atomic E-state index is 12.6. The molecule has 0 atom stereocenters. The molecule has 0 radical (unpaired) electrons. The van der Waals surface area contributed by atoms with Crippen LogP contribution in [0.3, 0.4) is 0 Å². The fourth-order valence-electron chi connectivity index (χ4n) is 2.83. The molecule has 2 N–H and O–H groups in total. The normalized spacial score (nSPS) is 21.2. The molecule has 5 nitrogen and oxygen atoms in total. The van der Waals surface area contributed by atoms with Gasteiger partial charge in [-0.15, -0.1) is 0 Å². The molecule has 2 aliphatic heterocycles. The van der Waals surface area contributed by atoms with Gasteiger partial charge in [-0.2, -0.15) is 4.31 Å². The maximum Gasteiger partial charge on any atom is 0.243 e. The summed E-state index contributed by atoms with van der Waals surface area (Å²) in [5.74, 6) is 0. The highest BCUT2D eigenvalue weighted by Crippen LogP contribution is 2.28. The van der Waals surface area contributed by atoms with E-state index in [4.69, 9.17) is 0 Å². The van der Waals surface area contributed by atoms with Crippen LogP contribution in [0.25, 0.3) is 0 Å². The molecule has 110 valence electrons. The number of anilines is 1. The zero-order valence-corrected chi connectivity index (χ0v) is 12.2. The van der Waals surface area contributed by atoms with Gasteiger partial charge >= 0.3 is 0 Å². The van der Waals surface area contributed by atoms with Gasteiger partial charge in [-0.05, 0) is 43.4 Å². The Bertz CT molecular complexity index is 592. The topological polar surface area (TPSA) is 69.6 Å². The highest BCUT2D eigenvalue weighted by atomic mass is 32.2. The Kier molecular flexibility index (Phi) is 3.70. The molecule has 0 bridgehead atoms. The third-order valence-electron chi connectivity index (χ3n) is 4.08. The summed E-state index contributed by atoms with van der Waals surface area (Å²) in [6.07, 6.45) is 2.75. The Morgan fingerprint density at radius 3 is 2.75 bits per heavy atom. The average molecular weight is 296 g/mol. The third kappa shape index (κ3) is 2.55. The van der Waals surface area contributed by atoms with E-state index < -0.39 is 10.0 Å². The Hall–Kier alpha value is -1.11. The van der Waals surface area contributed by atoms with Crippen molar-refractivity contribution in [1.82, 2.24) is 4.31 Å². The second-order valence-corrected chi connectivity index (χ2v) is 7.42. The van der Waals surface area contributed by atoms with Crippen molar-refractivity contribution >= 4 is 15.7 Å². The molecule has 1 aromatic rings. The molecule has 2 heterocycles. The van der Waals surface area contributed by atoms with E-state index in [0.29, 0.717) is 30.8 Å². The summed E-state index contributed by atoms with van der Waals surface area (Å²) in [5.41, 5.74) is 2.12. The minimum atomic E-state index is -3.44. The summed E-state index contributed by atoms with van der Waals surface area (Å²) in [4.78, 5) is 0.349. The van der Waals surface area contributed by atoms with Crippen LogP contribution in [-0.4, -0.2) is 43.6 Å². The molecular formula is C14H20N2O3S. The SMILES string of the molecule is O=S(=O)(c1ccc2c(c1)NCCC2)N1CCC(O)CC1. The molecule has 3 rings (SSSR count). The van der Waals surface area contributed by atoms with E-state index in [9.17, 15) is 13.5 Å². The van der Waals surface area contributed by atoms with Gasteiger partial charge < -0.3 is 10.4 Å². The van der Waals surface area contributed by atoms with E-state index >= 15 is 0 Å². The summed E-state index contributed by atoms with van der Waals surface area (Å²) < 4.78 is 26.7. The van der Waals surface area contributed by atoms with Crippen molar-refractivity contribution < 1.29 is 13.5 Å². The van der Waals surface area contributed by atoms with Gasteiger partial charge in [0.15, 0.2) is 0 Å². The van der Waals surface area contributed by atoms with E-state index in [-0.39, 0.29) is 6.10 Å². The number of sulfonamides is 1. The zero-order valence-electron chi connectivity index (χ0n) is 11.4. The molecule has 0 spiro atoms. The van der Waals surface area contributed by atoms with Gasteiger partial charge in [0, 0.05) is 25.3 Å². The smallest absolute Gasteiger partial charge is 0.243 e. The Labute approximate surface area is 119 Å².